The lowest BCUT2D eigenvalue weighted by molar-refractivity contribution is -0.870. The minimum Gasteiger partial charge on any atom is -0.545 e. The van der Waals surface area contributed by atoms with Crippen LogP contribution in [0.5, 0.6) is 0 Å². The molecule has 0 aromatic rings. The molecule has 0 radical (unpaired) electrons. The summed E-state index contributed by atoms with van der Waals surface area (Å²) in [5.41, 5.74) is 0. The first-order valence-electron chi connectivity index (χ1n) is 29.8. The van der Waals surface area contributed by atoms with E-state index >= 15 is 0 Å². The van der Waals surface area contributed by atoms with Crippen LogP contribution in [0.3, 0.4) is 0 Å². The Morgan fingerprint density at radius 1 is 0.423 bits per heavy atom. The zero-order valence-electron chi connectivity index (χ0n) is 47.1. The third-order valence-corrected chi connectivity index (χ3v) is 13.0. The topological polar surface area (TPSA) is 111 Å². The molecule has 71 heavy (non-hydrogen) atoms. The van der Waals surface area contributed by atoms with E-state index in [2.05, 4.69) is 62.5 Å². The summed E-state index contributed by atoms with van der Waals surface area (Å²) in [6.07, 6.45) is 63.0. The van der Waals surface area contributed by atoms with Crippen LogP contribution in [-0.4, -0.2) is 82.3 Å². The van der Waals surface area contributed by atoms with Crippen LogP contribution in [0.2, 0.25) is 0 Å². The molecule has 2 atom stereocenters. The first-order chi connectivity index (χ1) is 34.6. The highest BCUT2D eigenvalue weighted by molar-refractivity contribution is 5.70. The van der Waals surface area contributed by atoms with E-state index in [0.29, 0.717) is 23.9 Å². The molecule has 0 fully saturated rings. The number of esters is 2. The largest absolute Gasteiger partial charge is 0.545 e. The van der Waals surface area contributed by atoms with Gasteiger partial charge in [0, 0.05) is 12.8 Å². The van der Waals surface area contributed by atoms with E-state index in [4.69, 9.17) is 18.9 Å². The number of nitrogens with zero attached hydrogens (tertiary/aromatic N) is 1. The Kier molecular flexibility index (Phi) is 51.5. The molecular formula is C62H113NO8. The summed E-state index contributed by atoms with van der Waals surface area (Å²) in [5, 5.41) is 11.8. The Balaban J connectivity index is 4.22. The van der Waals surface area contributed by atoms with Crippen molar-refractivity contribution in [2.24, 2.45) is 0 Å². The Labute approximate surface area is 438 Å². The van der Waals surface area contributed by atoms with Crippen LogP contribution < -0.4 is 5.11 Å². The maximum atomic E-state index is 12.9. The van der Waals surface area contributed by atoms with Crippen LogP contribution in [-0.2, 0) is 33.3 Å². The molecule has 0 spiro atoms. The van der Waals surface area contributed by atoms with Gasteiger partial charge in [-0.1, -0.05) is 229 Å². The predicted octanol–water partition coefficient (Wildman–Crippen LogP) is 16.1. The second-order valence-corrected chi connectivity index (χ2v) is 21.3. The Morgan fingerprint density at radius 2 is 0.761 bits per heavy atom. The summed E-state index contributed by atoms with van der Waals surface area (Å²) in [4.78, 5) is 37.3. The molecule has 2 unspecified atom stereocenters. The van der Waals surface area contributed by atoms with Gasteiger partial charge >= 0.3 is 11.9 Å². The molecule has 0 aromatic heterocycles. The van der Waals surface area contributed by atoms with Gasteiger partial charge in [0.15, 0.2) is 12.4 Å². The number of rotatable bonds is 55. The molecule has 0 heterocycles. The lowest BCUT2D eigenvalue weighted by atomic mass is 10.0. The Morgan fingerprint density at radius 3 is 1.14 bits per heavy atom. The van der Waals surface area contributed by atoms with Gasteiger partial charge in [-0.15, -0.1) is 0 Å². The number of likely N-dealkylation sites (N-methyl/N-ethyl adjacent to an activating group) is 1. The number of aliphatic carboxylic acids is 1. The second kappa shape index (κ2) is 53.5. The first-order valence-corrected chi connectivity index (χ1v) is 29.8. The average Bonchev–Trinajstić information content (AvgIpc) is 3.34. The van der Waals surface area contributed by atoms with Crippen LogP contribution in [0.4, 0.5) is 0 Å². The molecule has 0 rings (SSSR count). The fourth-order valence-corrected chi connectivity index (χ4v) is 8.42. The summed E-state index contributed by atoms with van der Waals surface area (Å²) in [7, 11) is 5.92. The number of carbonyl (C=O) groups excluding carboxylic acids is 3. The number of carboxylic acids is 1. The highest BCUT2D eigenvalue weighted by Crippen LogP contribution is 2.16. The SMILES string of the molecule is CCCCCCC/C=C\C/C=C\C/C=C\CCCCCCCCCCCCCCC(=O)OC(COC(=O)CCCCCCCCCCC/C=C\CCCCCCCC)COC(OCC[N+](C)(C)C)C(=O)[O-]. The van der Waals surface area contributed by atoms with Gasteiger partial charge in [0.25, 0.3) is 0 Å². The lowest BCUT2D eigenvalue weighted by Crippen LogP contribution is -2.44. The molecule has 0 saturated carbocycles. The summed E-state index contributed by atoms with van der Waals surface area (Å²) >= 11 is 0. The van der Waals surface area contributed by atoms with Gasteiger partial charge in [0.05, 0.1) is 40.3 Å². The summed E-state index contributed by atoms with van der Waals surface area (Å²) < 4.78 is 22.7. The maximum absolute atomic E-state index is 12.9. The first kappa shape index (κ1) is 68.2. The fraction of sp³-hybridized carbons (Fsp3) is 0.823. The molecular weight excluding hydrogens is 887 g/mol. The molecule has 414 valence electrons. The zero-order valence-corrected chi connectivity index (χ0v) is 47.1. The van der Waals surface area contributed by atoms with Crippen LogP contribution in [0, 0.1) is 0 Å². The number of ether oxygens (including phenoxy) is 4. The van der Waals surface area contributed by atoms with Gasteiger partial charge in [-0.05, 0) is 77.0 Å². The molecule has 0 amide bonds. The van der Waals surface area contributed by atoms with Crippen molar-refractivity contribution in [2.45, 2.75) is 283 Å². The van der Waals surface area contributed by atoms with E-state index in [-0.39, 0.29) is 32.2 Å². The highest BCUT2D eigenvalue weighted by Gasteiger charge is 2.22. The fourth-order valence-electron chi connectivity index (χ4n) is 8.42. The number of hydrogen-bond acceptors (Lipinski definition) is 8. The number of carbonyl (C=O) groups is 3. The second-order valence-electron chi connectivity index (χ2n) is 21.3. The Bertz CT molecular complexity index is 1300. The molecule has 0 bridgehead atoms. The molecule has 0 saturated heterocycles. The summed E-state index contributed by atoms with van der Waals surface area (Å²) in [6.45, 7) is 4.76. The van der Waals surface area contributed by atoms with Crippen molar-refractivity contribution < 1.29 is 42.9 Å². The van der Waals surface area contributed by atoms with Crippen molar-refractivity contribution in [3.05, 3.63) is 48.6 Å². The van der Waals surface area contributed by atoms with E-state index < -0.39 is 24.3 Å². The van der Waals surface area contributed by atoms with Crippen molar-refractivity contribution in [1.82, 2.24) is 0 Å². The average molecular weight is 1000 g/mol. The Hall–Kier alpha value is -2.75. The summed E-state index contributed by atoms with van der Waals surface area (Å²) in [5.74, 6) is -2.28. The van der Waals surface area contributed by atoms with Crippen LogP contribution in [0.1, 0.15) is 271 Å². The third kappa shape index (κ3) is 54.9. The van der Waals surface area contributed by atoms with Gasteiger partial charge in [-0.3, -0.25) is 9.59 Å². The predicted molar refractivity (Wildman–Crippen MR) is 297 cm³/mol. The van der Waals surface area contributed by atoms with Gasteiger partial charge in [-0.25, -0.2) is 0 Å². The number of allylic oxidation sites excluding steroid dienone is 8. The monoisotopic (exact) mass is 1000 g/mol. The van der Waals surface area contributed by atoms with Crippen molar-refractivity contribution in [2.75, 3.05) is 47.5 Å². The smallest absolute Gasteiger partial charge is 0.306 e. The minimum atomic E-state index is -1.62. The van der Waals surface area contributed by atoms with Crippen molar-refractivity contribution in [1.29, 1.82) is 0 Å². The number of carboxylic acid groups (broad SMARTS) is 1. The molecule has 0 aromatic carbocycles. The van der Waals surface area contributed by atoms with Gasteiger partial charge in [0.2, 0.25) is 0 Å². The van der Waals surface area contributed by atoms with E-state index in [1.807, 2.05) is 21.1 Å². The molecule has 0 aliphatic rings. The van der Waals surface area contributed by atoms with Gasteiger partial charge < -0.3 is 33.3 Å². The maximum Gasteiger partial charge on any atom is 0.306 e. The molecule has 9 nitrogen and oxygen atoms in total. The number of unbranched alkanes of at least 4 members (excludes halogenated alkanes) is 32. The lowest BCUT2D eigenvalue weighted by Gasteiger charge is -2.26. The van der Waals surface area contributed by atoms with E-state index in [0.717, 1.165) is 51.4 Å². The van der Waals surface area contributed by atoms with Crippen molar-refractivity contribution in [3.63, 3.8) is 0 Å². The normalized spacial score (nSPS) is 13.1. The number of quaternary nitrogens is 1. The van der Waals surface area contributed by atoms with E-state index in [1.165, 1.54) is 186 Å². The molecule has 0 aliphatic heterocycles. The summed E-state index contributed by atoms with van der Waals surface area (Å²) in [6, 6.07) is 0. The standard InChI is InChI=1S/C62H113NO8/c1-6-8-10-12-14-16-18-20-22-24-26-27-28-29-30-31-32-33-35-37-39-41-43-45-47-49-51-53-60(65)71-58(57-70-62(61(66)67)68-55-54-63(3,4)5)56-69-59(64)52-50-48-46-44-42-40-38-36-34-25-23-21-19-17-15-13-11-9-7-2/h18,20-21,23-24,26,28-29,58,62H,6-17,19,22,25,27,30-57H2,1-5H3/b20-18-,23-21-,26-24-,29-28-. The quantitative estimate of drug-likeness (QED) is 0.0195. The van der Waals surface area contributed by atoms with Crippen LogP contribution in [0.25, 0.3) is 0 Å². The van der Waals surface area contributed by atoms with Crippen molar-refractivity contribution >= 4 is 17.9 Å². The molecule has 9 heteroatoms. The van der Waals surface area contributed by atoms with E-state index in [9.17, 15) is 19.5 Å². The zero-order chi connectivity index (χ0) is 52.0. The van der Waals surface area contributed by atoms with Crippen molar-refractivity contribution in [3.8, 4) is 0 Å². The van der Waals surface area contributed by atoms with E-state index in [1.54, 1.807) is 0 Å². The minimum absolute atomic E-state index is 0.147. The van der Waals surface area contributed by atoms with Gasteiger partial charge in [-0.2, -0.15) is 0 Å². The number of hydrogen-bond donors (Lipinski definition) is 0. The molecule has 0 N–H and O–H groups in total. The third-order valence-electron chi connectivity index (χ3n) is 13.0. The van der Waals surface area contributed by atoms with Crippen LogP contribution >= 0.6 is 0 Å². The van der Waals surface area contributed by atoms with Crippen LogP contribution in [0.15, 0.2) is 48.6 Å². The molecule has 0 aliphatic carbocycles. The highest BCUT2D eigenvalue weighted by atomic mass is 16.7. The van der Waals surface area contributed by atoms with Gasteiger partial charge in [0.1, 0.15) is 13.2 Å².